The Balaban J connectivity index is 2.85. The molecule has 1 aromatic rings. The fourth-order valence-corrected chi connectivity index (χ4v) is 2.12. The van der Waals surface area contributed by atoms with E-state index in [2.05, 4.69) is 5.32 Å². The second kappa shape index (κ2) is 6.58. The normalized spacial score (nSPS) is 14.0. The highest BCUT2D eigenvalue weighted by molar-refractivity contribution is 7.79. The van der Waals surface area contributed by atoms with Crippen LogP contribution in [-0.2, 0) is 11.1 Å². The fourth-order valence-electron chi connectivity index (χ4n) is 1.43. The quantitative estimate of drug-likeness (QED) is 0.804. The lowest BCUT2D eigenvalue weighted by molar-refractivity contribution is 0.189. The zero-order chi connectivity index (χ0) is 12.8. The summed E-state index contributed by atoms with van der Waals surface area (Å²) in [6, 6.07) is 6.10. The molecule has 0 spiro atoms. The van der Waals surface area contributed by atoms with E-state index in [1.54, 1.807) is 24.3 Å². The van der Waals surface area contributed by atoms with Crippen molar-refractivity contribution in [3.63, 3.8) is 0 Å². The molecule has 7 heteroatoms. The summed E-state index contributed by atoms with van der Waals surface area (Å²) >= 11 is 3.72. The number of carbonyl (C=O) groups is 1. The lowest BCUT2D eigenvalue weighted by Crippen LogP contribution is -2.28. The van der Waals surface area contributed by atoms with Crippen molar-refractivity contribution in [1.29, 1.82) is 0 Å². The van der Waals surface area contributed by atoms with Crippen molar-refractivity contribution in [2.75, 3.05) is 5.75 Å². The number of hydrogen-bond acceptors (Lipinski definition) is 3. The highest BCUT2D eigenvalue weighted by Crippen LogP contribution is 2.25. The molecule has 0 aliphatic rings. The number of rotatable bonds is 5. The van der Waals surface area contributed by atoms with E-state index in [1.807, 2.05) is 0 Å². The van der Waals surface area contributed by atoms with Gasteiger partial charge in [0.2, 0.25) is 0 Å². The smallest absolute Gasteiger partial charge is 0.405 e. The van der Waals surface area contributed by atoms with Crippen LogP contribution in [0.3, 0.4) is 0 Å². The van der Waals surface area contributed by atoms with Crippen LogP contribution in [-0.4, -0.2) is 25.7 Å². The van der Waals surface area contributed by atoms with Gasteiger partial charge in [0.1, 0.15) is 0 Å². The summed E-state index contributed by atoms with van der Waals surface area (Å²) in [5.74, 6) is -0.129. The van der Waals surface area contributed by atoms with Crippen LogP contribution in [0.2, 0.25) is 5.02 Å². The van der Waals surface area contributed by atoms with E-state index in [-0.39, 0.29) is 12.2 Å². The molecule has 2 unspecified atom stereocenters. The standard InChI is InChI=1S/C10H12ClNO4S/c11-8-4-2-1-3-7(8)9(12-10(13)14)5-6-17(15)16/h1-4,9,12H,5-6H2,(H,13,14)(H,15,16)/p-1. The van der Waals surface area contributed by atoms with Crippen LogP contribution in [0.5, 0.6) is 0 Å². The van der Waals surface area contributed by atoms with Gasteiger partial charge < -0.3 is 15.0 Å². The van der Waals surface area contributed by atoms with Crippen molar-refractivity contribution >= 4 is 28.8 Å². The van der Waals surface area contributed by atoms with E-state index in [9.17, 15) is 13.6 Å². The summed E-state index contributed by atoms with van der Waals surface area (Å²) in [6.45, 7) is 0. The molecule has 0 bridgehead atoms. The topological polar surface area (TPSA) is 89.5 Å². The van der Waals surface area contributed by atoms with Crippen molar-refractivity contribution in [1.82, 2.24) is 5.32 Å². The summed E-state index contributed by atoms with van der Waals surface area (Å²) < 4.78 is 21.0. The molecule has 1 rings (SSSR count). The Morgan fingerprint density at radius 3 is 2.71 bits per heavy atom. The van der Waals surface area contributed by atoms with Gasteiger partial charge in [-0.1, -0.05) is 40.9 Å². The first-order valence-corrected chi connectivity index (χ1v) is 6.42. The average Bonchev–Trinajstić information content (AvgIpc) is 2.24. The second-order valence-corrected chi connectivity index (χ2v) is 4.74. The third kappa shape index (κ3) is 4.72. The first-order chi connectivity index (χ1) is 8.00. The van der Waals surface area contributed by atoms with Gasteiger partial charge in [-0.05, 0) is 18.1 Å². The van der Waals surface area contributed by atoms with Crippen molar-refractivity contribution in [2.24, 2.45) is 0 Å². The van der Waals surface area contributed by atoms with Gasteiger partial charge in [-0.3, -0.25) is 4.21 Å². The maximum Gasteiger partial charge on any atom is 0.405 e. The average molecular weight is 277 g/mol. The molecule has 0 aromatic heterocycles. The van der Waals surface area contributed by atoms with E-state index < -0.39 is 23.2 Å². The first-order valence-electron chi connectivity index (χ1n) is 4.80. The van der Waals surface area contributed by atoms with Gasteiger partial charge in [-0.25, -0.2) is 4.79 Å². The fraction of sp³-hybridized carbons (Fsp3) is 0.300. The first kappa shape index (κ1) is 14.0. The minimum Gasteiger partial charge on any atom is -0.772 e. The molecule has 2 N–H and O–H groups in total. The third-order valence-electron chi connectivity index (χ3n) is 2.15. The molecular formula is C10H11ClNO4S-. The van der Waals surface area contributed by atoms with Crippen LogP contribution in [0.4, 0.5) is 4.79 Å². The lowest BCUT2D eigenvalue weighted by Gasteiger charge is -2.19. The Bertz CT molecular complexity index is 427. The van der Waals surface area contributed by atoms with Crippen LogP contribution >= 0.6 is 11.6 Å². The van der Waals surface area contributed by atoms with Crippen molar-refractivity contribution < 1.29 is 18.7 Å². The maximum atomic E-state index is 10.6. The number of nitrogens with one attached hydrogen (secondary N) is 1. The van der Waals surface area contributed by atoms with Gasteiger partial charge in [-0.15, -0.1) is 0 Å². The Labute approximate surface area is 106 Å². The predicted molar refractivity (Wildman–Crippen MR) is 63.8 cm³/mol. The zero-order valence-corrected chi connectivity index (χ0v) is 10.3. The number of carboxylic acid groups (broad SMARTS) is 1. The van der Waals surface area contributed by atoms with E-state index in [1.165, 1.54) is 0 Å². The number of benzene rings is 1. The molecule has 0 radical (unpaired) electrons. The molecule has 2 atom stereocenters. The molecular weight excluding hydrogens is 266 g/mol. The summed E-state index contributed by atoms with van der Waals surface area (Å²) in [6.07, 6.45) is -1.07. The van der Waals surface area contributed by atoms with Crippen LogP contribution < -0.4 is 5.32 Å². The number of hydrogen-bond donors (Lipinski definition) is 2. The monoisotopic (exact) mass is 276 g/mol. The minimum atomic E-state index is -2.21. The highest BCUT2D eigenvalue weighted by atomic mass is 35.5. The number of halogens is 1. The second-order valence-electron chi connectivity index (χ2n) is 3.32. The zero-order valence-electron chi connectivity index (χ0n) is 8.76. The summed E-state index contributed by atoms with van der Waals surface area (Å²) in [4.78, 5) is 10.6. The molecule has 0 heterocycles. The van der Waals surface area contributed by atoms with E-state index in [4.69, 9.17) is 16.7 Å². The van der Waals surface area contributed by atoms with Crippen LogP contribution in [0.25, 0.3) is 0 Å². The molecule has 0 saturated carbocycles. The van der Waals surface area contributed by atoms with Gasteiger partial charge in [0.05, 0.1) is 6.04 Å². The summed E-state index contributed by atoms with van der Waals surface area (Å²) in [5.41, 5.74) is 0.571. The number of amides is 1. The molecule has 0 saturated heterocycles. The molecule has 17 heavy (non-hydrogen) atoms. The van der Waals surface area contributed by atoms with Crippen LogP contribution in [0, 0.1) is 0 Å². The summed E-state index contributed by atoms with van der Waals surface area (Å²) in [7, 11) is 0. The molecule has 0 aliphatic heterocycles. The summed E-state index contributed by atoms with van der Waals surface area (Å²) in [5, 5.41) is 11.3. The molecule has 0 aliphatic carbocycles. The van der Waals surface area contributed by atoms with E-state index >= 15 is 0 Å². The van der Waals surface area contributed by atoms with Gasteiger partial charge in [0, 0.05) is 10.8 Å². The molecule has 1 aromatic carbocycles. The Hall–Kier alpha value is -1.11. The molecule has 5 nitrogen and oxygen atoms in total. The van der Waals surface area contributed by atoms with Crippen molar-refractivity contribution in [3.8, 4) is 0 Å². The lowest BCUT2D eigenvalue weighted by atomic mass is 10.0. The molecule has 1 amide bonds. The van der Waals surface area contributed by atoms with Crippen molar-refractivity contribution in [3.05, 3.63) is 34.9 Å². The van der Waals surface area contributed by atoms with Gasteiger partial charge in [-0.2, -0.15) is 0 Å². The minimum absolute atomic E-state index is 0.129. The SMILES string of the molecule is O=C(O)NC(CCS(=O)[O-])c1ccccc1Cl. The Morgan fingerprint density at radius 1 is 1.53 bits per heavy atom. The third-order valence-corrected chi connectivity index (χ3v) is 3.06. The van der Waals surface area contributed by atoms with Crippen LogP contribution in [0.15, 0.2) is 24.3 Å². The predicted octanol–water partition coefficient (Wildman–Crippen LogP) is 1.92. The molecule has 0 fully saturated rings. The highest BCUT2D eigenvalue weighted by Gasteiger charge is 2.16. The maximum absolute atomic E-state index is 10.6. The van der Waals surface area contributed by atoms with E-state index in [0.717, 1.165) is 0 Å². The Kier molecular flexibility index (Phi) is 5.40. The van der Waals surface area contributed by atoms with Crippen LogP contribution in [0.1, 0.15) is 18.0 Å². The van der Waals surface area contributed by atoms with Gasteiger partial charge >= 0.3 is 6.09 Å². The largest absolute Gasteiger partial charge is 0.772 e. The van der Waals surface area contributed by atoms with Gasteiger partial charge in [0.25, 0.3) is 0 Å². The van der Waals surface area contributed by atoms with Gasteiger partial charge in [0.15, 0.2) is 0 Å². The van der Waals surface area contributed by atoms with Crippen molar-refractivity contribution in [2.45, 2.75) is 12.5 Å². The molecule has 94 valence electrons. The van der Waals surface area contributed by atoms with E-state index in [0.29, 0.717) is 10.6 Å². The Morgan fingerprint density at radius 2 is 2.18 bits per heavy atom.